The van der Waals surface area contributed by atoms with Gasteiger partial charge in [-0.3, -0.25) is 9.69 Å². The Morgan fingerprint density at radius 2 is 2.42 bits per heavy atom. The second-order valence-corrected chi connectivity index (χ2v) is 6.14. The smallest absolute Gasteiger partial charge is 0.275 e. The first-order valence-corrected chi connectivity index (χ1v) is 7.19. The van der Waals surface area contributed by atoms with Gasteiger partial charge in [-0.25, -0.2) is 4.98 Å². The topological polar surface area (TPSA) is 70.7 Å². The largest absolute Gasteiger partial charge is 0.389 e. The van der Waals surface area contributed by atoms with E-state index < -0.39 is 5.60 Å². The molecule has 2 aromatic heterocycles. The van der Waals surface area contributed by atoms with Gasteiger partial charge in [0, 0.05) is 19.2 Å². The summed E-state index contributed by atoms with van der Waals surface area (Å²) < 4.78 is 1.31. The Kier molecular flexibility index (Phi) is 3.12. The molecule has 1 fully saturated rings. The Balaban J connectivity index is 1.83. The molecule has 1 aliphatic rings. The molecule has 0 saturated carbocycles. The lowest BCUT2D eigenvalue weighted by molar-refractivity contribution is -0.0184. The molecule has 19 heavy (non-hydrogen) atoms. The molecule has 1 aliphatic heterocycles. The maximum atomic E-state index is 11.8. The average molecular weight is 280 g/mol. The maximum absolute atomic E-state index is 11.8. The lowest BCUT2D eigenvalue weighted by Gasteiger charge is -2.36. The normalized spacial score (nSPS) is 24.9. The van der Waals surface area contributed by atoms with Gasteiger partial charge in [0.25, 0.3) is 5.56 Å². The van der Waals surface area contributed by atoms with Crippen LogP contribution in [0, 0.1) is 0 Å². The molecular weight excluding hydrogens is 264 g/mol. The van der Waals surface area contributed by atoms with Crippen molar-refractivity contribution in [3.63, 3.8) is 0 Å². The first kappa shape index (κ1) is 12.7. The van der Waals surface area contributed by atoms with Crippen molar-refractivity contribution in [3.05, 3.63) is 27.6 Å². The lowest BCUT2D eigenvalue weighted by Crippen LogP contribution is -2.45. The minimum absolute atomic E-state index is 0.148. The van der Waals surface area contributed by atoms with Crippen LogP contribution in [0.3, 0.4) is 0 Å². The number of piperidine rings is 1. The number of likely N-dealkylation sites (tertiary alicyclic amines) is 1. The summed E-state index contributed by atoms with van der Waals surface area (Å²) in [6, 6.07) is 1.52. The second-order valence-electron chi connectivity index (χ2n) is 5.33. The molecule has 0 bridgehead atoms. The van der Waals surface area contributed by atoms with Crippen molar-refractivity contribution >= 4 is 16.3 Å². The number of nitrogens with zero attached hydrogens (tertiary/aromatic N) is 4. The third kappa shape index (κ3) is 2.68. The quantitative estimate of drug-likeness (QED) is 0.867. The number of β-amino-alcohol motifs (C(OH)–C–C–N with tert-alkyl or cyclic N) is 1. The summed E-state index contributed by atoms with van der Waals surface area (Å²) in [6.07, 6.45) is 1.79. The number of fused-ring (bicyclic) bond motifs is 1. The predicted molar refractivity (Wildman–Crippen MR) is 72.3 cm³/mol. The molecule has 2 aromatic rings. The fourth-order valence-electron chi connectivity index (χ4n) is 2.57. The first-order valence-electron chi connectivity index (χ1n) is 6.31. The van der Waals surface area contributed by atoms with Gasteiger partial charge in [-0.05, 0) is 26.3 Å². The molecule has 3 rings (SSSR count). The summed E-state index contributed by atoms with van der Waals surface area (Å²) in [5, 5.41) is 14.0. The van der Waals surface area contributed by atoms with Crippen molar-refractivity contribution in [3.8, 4) is 0 Å². The van der Waals surface area contributed by atoms with Crippen LogP contribution in [-0.4, -0.2) is 43.3 Å². The second kappa shape index (κ2) is 4.66. The van der Waals surface area contributed by atoms with Gasteiger partial charge in [-0.15, -0.1) is 0 Å². The van der Waals surface area contributed by atoms with Gasteiger partial charge in [0.2, 0.25) is 4.96 Å². The van der Waals surface area contributed by atoms with Crippen molar-refractivity contribution in [1.29, 1.82) is 0 Å². The molecule has 3 heterocycles. The van der Waals surface area contributed by atoms with Gasteiger partial charge in [-0.2, -0.15) is 9.61 Å². The molecule has 1 unspecified atom stereocenters. The van der Waals surface area contributed by atoms with Crippen LogP contribution in [0.2, 0.25) is 0 Å². The van der Waals surface area contributed by atoms with Gasteiger partial charge in [0.15, 0.2) is 0 Å². The van der Waals surface area contributed by atoms with Crippen LogP contribution < -0.4 is 5.56 Å². The maximum Gasteiger partial charge on any atom is 0.275 e. The van der Waals surface area contributed by atoms with Crippen LogP contribution in [0.5, 0.6) is 0 Å². The van der Waals surface area contributed by atoms with E-state index in [1.807, 2.05) is 6.92 Å². The van der Waals surface area contributed by atoms with E-state index in [1.54, 1.807) is 5.51 Å². The van der Waals surface area contributed by atoms with E-state index in [0.717, 1.165) is 25.1 Å². The highest BCUT2D eigenvalue weighted by Crippen LogP contribution is 2.21. The summed E-state index contributed by atoms with van der Waals surface area (Å²) in [5.74, 6) is 0. The van der Waals surface area contributed by atoms with E-state index in [4.69, 9.17) is 0 Å². The molecule has 0 aliphatic carbocycles. The molecule has 0 amide bonds. The number of rotatable bonds is 2. The molecule has 6 nitrogen and oxygen atoms in total. The van der Waals surface area contributed by atoms with E-state index in [1.165, 1.54) is 21.9 Å². The zero-order chi connectivity index (χ0) is 13.5. The molecule has 1 atom stereocenters. The lowest BCUT2D eigenvalue weighted by atomic mass is 9.95. The molecular formula is C12H16N4O2S. The predicted octanol–water partition coefficient (Wildman–Crippen LogP) is 0.498. The Morgan fingerprint density at radius 1 is 1.58 bits per heavy atom. The SMILES string of the molecule is CC1(O)CCCN(Cc2cc(=O)n3ncsc3n2)C1. The summed E-state index contributed by atoms with van der Waals surface area (Å²) >= 11 is 1.35. The van der Waals surface area contributed by atoms with Gasteiger partial charge in [0.1, 0.15) is 5.51 Å². The minimum atomic E-state index is -0.637. The number of aliphatic hydroxyl groups is 1. The van der Waals surface area contributed by atoms with Crippen molar-refractivity contribution in [2.75, 3.05) is 13.1 Å². The number of aromatic nitrogens is 3. The summed E-state index contributed by atoms with van der Waals surface area (Å²) in [7, 11) is 0. The standard InChI is InChI=1S/C12H16N4O2S/c1-12(18)3-2-4-15(7-12)6-9-5-10(17)16-11(14-9)19-8-13-16/h5,8,18H,2-4,6-7H2,1H3. The van der Waals surface area contributed by atoms with E-state index in [-0.39, 0.29) is 5.56 Å². The van der Waals surface area contributed by atoms with E-state index >= 15 is 0 Å². The highest BCUT2D eigenvalue weighted by molar-refractivity contribution is 7.14. The van der Waals surface area contributed by atoms with Gasteiger partial charge in [-0.1, -0.05) is 11.3 Å². The number of hydrogen-bond donors (Lipinski definition) is 1. The third-order valence-electron chi connectivity index (χ3n) is 3.38. The van der Waals surface area contributed by atoms with Gasteiger partial charge >= 0.3 is 0 Å². The molecule has 0 aromatic carbocycles. The fraction of sp³-hybridized carbons (Fsp3) is 0.583. The highest BCUT2D eigenvalue weighted by Gasteiger charge is 2.28. The summed E-state index contributed by atoms with van der Waals surface area (Å²) in [4.78, 5) is 19.0. The van der Waals surface area contributed by atoms with Crippen LogP contribution in [0.25, 0.3) is 4.96 Å². The van der Waals surface area contributed by atoms with Crippen LogP contribution in [-0.2, 0) is 6.54 Å². The van der Waals surface area contributed by atoms with E-state index in [9.17, 15) is 9.90 Å². The van der Waals surface area contributed by atoms with Crippen molar-refractivity contribution in [2.45, 2.75) is 31.9 Å². The van der Waals surface area contributed by atoms with Crippen molar-refractivity contribution in [1.82, 2.24) is 19.5 Å². The zero-order valence-corrected chi connectivity index (χ0v) is 11.6. The molecule has 1 N–H and O–H groups in total. The molecule has 0 spiro atoms. The molecule has 102 valence electrons. The summed E-state index contributed by atoms with van der Waals surface area (Å²) in [5.41, 5.74) is 1.57. The monoisotopic (exact) mass is 280 g/mol. The van der Waals surface area contributed by atoms with E-state index in [0.29, 0.717) is 18.1 Å². The van der Waals surface area contributed by atoms with Crippen LogP contribution >= 0.6 is 11.3 Å². The molecule has 0 radical (unpaired) electrons. The zero-order valence-electron chi connectivity index (χ0n) is 10.7. The Morgan fingerprint density at radius 3 is 3.21 bits per heavy atom. The number of hydrogen-bond acceptors (Lipinski definition) is 6. The third-order valence-corrected chi connectivity index (χ3v) is 4.05. The van der Waals surface area contributed by atoms with Crippen LogP contribution in [0.1, 0.15) is 25.5 Å². The Hall–Kier alpha value is -1.31. The van der Waals surface area contributed by atoms with Crippen LogP contribution in [0.15, 0.2) is 16.4 Å². The minimum Gasteiger partial charge on any atom is -0.389 e. The summed E-state index contributed by atoms with van der Waals surface area (Å²) in [6.45, 7) is 4.00. The Labute approximate surface area is 114 Å². The van der Waals surface area contributed by atoms with E-state index in [2.05, 4.69) is 15.0 Å². The first-order chi connectivity index (χ1) is 9.03. The average Bonchev–Trinajstić information content (AvgIpc) is 2.76. The van der Waals surface area contributed by atoms with Crippen LogP contribution in [0.4, 0.5) is 0 Å². The van der Waals surface area contributed by atoms with Gasteiger partial charge in [0.05, 0.1) is 11.3 Å². The van der Waals surface area contributed by atoms with Crippen molar-refractivity contribution < 1.29 is 5.11 Å². The Bertz CT molecular complexity index is 648. The highest BCUT2D eigenvalue weighted by atomic mass is 32.1. The van der Waals surface area contributed by atoms with Crippen molar-refractivity contribution in [2.24, 2.45) is 0 Å². The van der Waals surface area contributed by atoms with Gasteiger partial charge < -0.3 is 5.11 Å². The fourth-order valence-corrected chi connectivity index (χ4v) is 3.21. The molecule has 1 saturated heterocycles. The molecule has 7 heteroatoms.